The summed E-state index contributed by atoms with van der Waals surface area (Å²) in [6.07, 6.45) is 0. The van der Waals surface area contributed by atoms with Crippen LogP contribution >= 0.6 is 0 Å². The van der Waals surface area contributed by atoms with Gasteiger partial charge in [-0.1, -0.05) is 12.1 Å². The zero-order valence-electron chi connectivity index (χ0n) is 9.53. The second-order valence-corrected chi connectivity index (χ2v) is 3.83. The predicted molar refractivity (Wildman–Crippen MR) is 64.6 cm³/mol. The van der Waals surface area contributed by atoms with Gasteiger partial charge in [0.2, 0.25) is 5.78 Å². The van der Waals surface area contributed by atoms with Crippen LogP contribution in [0.15, 0.2) is 30.3 Å². The van der Waals surface area contributed by atoms with Crippen molar-refractivity contribution in [2.45, 2.75) is 0 Å². The first-order valence-corrected chi connectivity index (χ1v) is 5.23. The summed E-state index contributed by atoms with van der Waals surface area (Å²) >= 11 is 0. The minimum Gasteiger partial charge on any atom is -0.507 e. The average molecular weight is 262 g/mol. The highest BCUT2D eigenvalue weighted by Gasteiger charge is 2.25. The number of phenolic OH excluding ortho intramolecular Hbond substituents is 5. The van der Waals surface area contributed by atoms with E-state index >= 15 is 0 Å². The summed E-state index contributed by atoms with van der Waals surface area (Å²) in [5.41, 5.74) is -0.864. The van der Waals surface area contributed by atoms with Crippen LogP contribution < -0.4 is 0 Å². The summed E-state index contributed by atoms with van der Waals surface area (Å²) in [6, 6.07) is 6.20. The Balaban J connectivity index is 2.67. The van der Waals surface area contributed by atoms with E-state index in [2.05, 4.69) is 0 Å². The first-order valence-electron chi connectivity index (χ1n) is 5.23. The van der Waals surface area contributed by atoms with E-state index in [1.54, 1.807) is 0 Å². The van der Waals surface area contributed by atoms with Crippen molar-refractivity contribution in [2.24, 2.45) is 0 Å². The third kappa shape index (κ3) is 1.99. The molecule has 19 heavy (non-hydrogen) atoms. The number of ketones is 1. The van der Waals surface area contributed by atoms with E-state index in [1.165, 1.54) is 24.3 Å². The van der Waals surface area contributed by atoms with E-state index < -0.39 is 34.3 Å². The number of para-hydroxylation sites is 1. The molecule has 0 saturated carbocycles. The van der Waals surface area contributed by atoms with E-state index in [4.69, 9.17) is 0 Å². The van der Waals surface area contributed by atoms with Crippen LogP contribution in [0.5, 0.6) is 28.7 Å². The van der Waals surface area contributed by atoms with E-state index in [-0.39, 0.29) is 11.3 Å². The Morgan fingerprint density at radius 3 is 1.84 bits per heavy atom. The molecule has 0 bridgehead atoms. The molecule has 0 fully saturated rings. The zero-order chi connectivity index (χ0) is 14.2. The molecule has 0 radical (unpaired) electrons. The van der Waals surface area contributed by atoms with Gasteiger partial charge in [-0.3, -0.25) is 4.79 Å². The van der Waals surface area contributed by atoms with Crippen molar-refractivity contribution in [3.8, 4) is 28.7 Å². The van der Waals surface area contributed by atoms with Crippen LogP contribution in [0.2, 0.25) is 0 Å². The molecular weight excluding hydrogens is 252 g/mol. The van der Waals surface area contributed by atoms with Crippen LogP contribution in [0.25, 0.3) is 0 Å². The molecule has 0 unspecified atom stereocenters. The smallest absolute Gasteiger partial charge is 0.204 e. The van der Waals surface area contributed by atoms with E-state index in [0.717, 1.165) is 0 Å². The highest BCUT2D eigenvalue weighted by molar-refractivity contribution is 6.14. The summed E-state index contributed by atoms with van der Waals surface area (Å²) < 4.78 is 0. The Hall–Kier alpha value is -2.89. The van der Waals surface area contributed by atoms with Crippen LogP contribution in [-0.4, -0.2) is 31.3 Å². The maximum Gasteiger partial charge on any atom is 0.204 e. The fraction of sp³-hybridized carbons (Fsp3) is 0. The standard InChI is InChI=1S/C13H10O6/c14-7-4-2-1-3-6(7)11(17)10-12(18)8(15)5-9(16)13(10)19/h1-5,14-16,18-19H. The van der Waals surface area contributed by atoms with Crippen molar-refractivity contribution in [3.63, 3.8) is 0 Å². The molecule has 0 aliphatic carbocycles. The second kappa shape index (κ2) is 4.41. The largest absolute Gasteiger partial charge is 0.507 e. The lowest BCUT2D eigenvalue weighted by Gasteiger charge is -2.10. The first-order chi connectivity index (χ1) is 8.93. The lowest BCUT2D eigenvalue weighted by Crippen LogP contribution is -2.03. The minimum absolute atomic E-state index is 0.182. The first kappa shape index (κ1) is 12.6. The Kier molecular flexibility index (Phi) is 2.92. The molecule has 0 heterocycles. The Morgan fingerprint density at radius 2 is 1.32 bits per heavy atom. The molecule has 0 atom stereocenters. The molecule has 2 aromatic rings. The fourth-order valence-electron chi connectivity index (χ4n) is 1.65. The molecule has 0 aromatic heterocycles. The topological polar surface area (TPSA) is 118 Å². The molecule has 0 aliphatic heterocycles. The zero-order valence-corrected chi connectivity index (χ0v) is 9.53. The van der Waals surface area contributed by atoms with Crippen molar-refractivity contribution in [1.29, 1.82) is 0 Å². The number of rotatable bonds is 2. The molecule has 6 heteroatoms. The normalized spacial score (nSPS) is 10.3. The quantitative estimate of drug-likeness (QED) is 0.317. The summed E-state index contributed by atoms with van der Waals surface area (Å²) in [4.78, 5) is 12.1. The van der Waals surface area contributed by atoms with Crippen LogP contribution in [0.3, 0.4) is 0 Å². The van der Waals surface area contributed by atoms with Gasteiger partial charge >= 0.3 is 0 Å². The van der Waals surface area contributed by atoms with Crippen LogP contribution in [0, 0.1) is 0 Å². The minimum atomic E-state index is -0.931. The average Bonchev–Trinajstić information content (AvgIpc) is 2.37. The van der Waals surface area contributed by atoms with E-state index in [0.29, 0.717) is 6.07 Å². The fourth-order valence-corrected chi connectivity index (χ4v) is 1.65. The Bertz CT molecular complexity index is 636. The van der Waals surface area contributed by atoms with Crippen LogP contribution in [0.4, 0.5) is 0 Å². The third-order valence-electron chi connectivity index (χ3n) is 2.61. The number of carbonyl (C=O) groups is 1. The van der Waals surface area contributed by atoms with Crippen molar-refractivity contribution in [3.05, 3.63) is 41.5 Å². The van der Waals surface area contributed by atoms with Gasteiger partial charge < -0.3 is 25.5 Å². The van der Waals surface area contributed by atoms with Crippen molar-refractivity contribution < 1.29 is 30.3 Å². The maximum atomic E-state index is 12.1. The number of carbonyl (C=O) groups excluding carboxylic acids is 1. The number of hydrogen-bond acceptors (Lipinski definition) is 6. The monoisotopic (exact) mass is 262 g/mol. The molecule has 0 saturated heterocycles. The van der Waals surface area contributed by atoms with Gasteiger partial charge in [0.25, 0.3) is 0 Å². The van der Waals surface area contributed by atoms with Gasteiger partial charge in [-0.25, -0.2) is 0 Å². The van der Waals surface area contributed by atoms with E-state index in [9.17, 15) is 30.3 Å². The molecule has 0 spiro atoms. The molecule has 0 aliphatic rings. The lowest BCUT2D eigenvalue weighted by molar-refractivity contribution is 0.102. The summed E-state index contributed by atoms with van der Waals surface area (Å²) in [6.45, 7) is 0. The van der Waals surface area contributed by atoms with Crippen molar-refractivity contribution >= 4 is 5.78 Å². The predicted octanol–water partition coefficient (Wildman–Crippen LogP) is 1.45. The molecular formula is C13H10O6. The maximum absolute atomic E-state index is 12.1. The van der Waals surface area contributed by atoms with E-state index in [1.807, 2.05) is 0 Å². The summed E-state index contributed by atoms with van der Waals surface area (Å²) in [5, 5.41) is 47.4. The number of hydrogen-bond donors (Lipinski definition) is 5. The Labute approximate surface area is 107 Å². The summed E-state index contributed by atoms with van der Waals surface area (Å²) in [7, 11) is 0. The van der Waals surface area contributed by atoms with Gasteiger partial charge in [0, 0.05) is 6.07 Å². The molecule has 0 amide bonds. The summed E-state index contributed by atoms with van der Waals surface area (Å²) in [5.74, 6) is -4.54. The van der Waals surface area contributed by atoms with Gasteiger partial charge in [-0.15, -0.1) is 0 Å². The Morgan fingerprint density at radius 1 is 0.789 bits per heavy atom. The molecule has 2 rings (SSSR count). The molecule has 5 N–H and O–H groups in total. The van der Waals surface area contributed by atoms with Crippen LogP contribution in [0.1, 0.15) is 15.9 Å². The van der Waals surface area contributed by atoms with Gasteiger partial charge in [-0.2, -0.15) is 0 Å². The molecule has 98 valence electrons. The highest BCUT2D eigenvalue weighted by Crippen LogP contribution is 2.43. The second-order valence-electron chi connectivity index (χ2n) is 3.83. The SMILES string of the molecule is O=C(c1ccccc1O)c1c(O)c(O)cc(O)c1O. The van der Waals surface area contributed by atoms with Crippen LogP contribution in [-0.2, 0) is 0 Å². The van der Waals surface area contributed by atoms with Crippen molar-refractivity contribution in [2.75, 3.05) is 0 Å². The van der Waals surface area contributed by atoms with Crippen molar-refractivity contribution in [1.82, 2.24) is 0 Å². The third-order valence-corrected chi connectivity index (χ3v) is 2.61. The highest BCUT2D eigenvalue weighted by atomic mass is 16.3. The van der Waals surface area contributed by atoms with Gasteiger partial charge in [-0.05, 0) is 12.1 Å². The number of phenols is 5. The molecule has 6 nitrogen and oxygen atoms in total. The van der Waals surface area contributed by atoms with Gasteiger partial charge in [0.15, 0.2) is 23.0 Å². The number of benzene rings is 2. The van der Waals surface area contributed by atoms with Gasteiger partial charge in [0.1, 0.15) is 11.3 Å². The number of aromatic hydroxyl groups is 5. The lowest BCUT2D eigenvalue weighted by atomic mass is 10.00. The van der Waals surface area contributed by atoms with Gasteiger partial charge in [0.05, 0.1) is 5.56 Å². The molecule has 2 aromatic carbocycles.